The number of aryl methyl sites for hydroxylation is 4. The maximum absolute atomic E-state index is 12.2. The molecule has 1 aromatic carbocycles. The Morgan fingerprint density at radius 3 is 2.58 bits per heavy atom. The van der Waals surface area contributed by atoms with Crippen LogP contribution in [0.4, 0.5) is 5.13 Å². The molecule has 136 valence electrons. The molecule has 3 rings (SSSR count). The number of aromatic nitrogens is 3. The van der Waals surface area contributed by atoms with E-state index >= 15 is 0 Å². The van der Waals surface area contributed by atoms with Crippen molar-refractivity contribution >= 4 is 22.4 Å². The van der Waals surface area contributed by atoms with Crippen molar-refractivity contribution in [1.29, 1.82) is 0 Å². The number of amides is 1. The summed E-state index contributed by atoms with van der Waals surface area (Å²) < 4.78 is 7.04. The molecule has 0 unspecified atom stereocenters. The molecule has 0 saturated carbocycles. The molecule has 7 heteroatoms. The highest BCUT2D eigenvalue weighted by Crippen LogP contribution is 2.31. The zero-order valence-corrected chi connectivity index (χ0v) is 16.2. The minimum atomic E-state index is -0.0624. The van der Waals surface area contributed by atoms with Crippen LogP contribution >= 0.6 is 11.3 Å². The lowest BCUT2D eigenvalue weighted by atomic mass is 10.1. The van der Waals surface area contributed by atoms with Crippen LogP contribution in [0.25, 0.3) is 11.3 Å². The van der Waals surface area contributed by atoms with E-state index in [1.165, 1.54) is 11.3 Å². The SMILES string of the molecule is COc1ccc(-c2nc(NC(=O)CCn3nc(C)cc3C)sc2C)cc1. The molecule has 0 aliphatic heterocycles. The van der Waals surface area contributed by atoms with Crippen LogP contribution < -0.4 is 10.1 Å². The lowest BCUT2D eigenvalue weighted by molar-refractivity contribution is -0.116. The summed E-state index contributed by atoms with van der Waals surface area (Å²) in [5, 5.41) is 7.89. The molecule has 0 aliphatic rings. The fraction of sp³-hybridized carbons (Fsp3) is 0.316. The van der Waals surface area contributed by atoms with Gasteiger partial charge in [-0.3, -0.25) is 9.48 Å². The molecule has 0 saturated heterocycles. The fourth-order valence-electron chi connectivity index (χ4n) is 2.76. The van der Waals surface area contributed by atoms with Gasteiger partial charge in [0, 0.05) is 29.1 Å². The number of carbonyl (C=O) groups is 1. The molecule has 2 aromatic heterocycles. The number of thiazole rings is 1. The zero-order chi connectivity index (χ0) is 18.7. The molecule has 0 fully saturated rings. The van der Waals surface area contributed by atoms with E-state index in [9.17, 15) is 4.79 Å². The molecule has 0 atom stereocenters. The van der Waals surface area contributed by atoms with Crippen LogP contribution in [0, 0.1) is 20.8 Å². The first-order chi connectivity index (χ1) is 12.5. The van der Waals surface area contributed by atoms with E-state index in [-0.39, 0.29) is 5.91 Å². The average Bonchev–Trinajstić information content (AvgIpc) is 3.14. The van der Waals surface area contributed by atoms with Gasteiger partial charge in [-0.2, -0.15) is 5.10 Å². The maximum Gasteiger partial charge on any atom is 0.228 e. The van der Waals surface area contributed by atoms with Crippen molar-refractivity contribution in [3.8, 4) is 17.0 Å². The van der Waals surface area contributed by atoms with Gasteiger partial charge in [-0.25, -0.2) is 4.98 Å². The van der Waals surface area contributed by atoms with E-state index in [1.807, 2.05) is 55.8 Å². The first kappa shape index (κ1) is 18.1. The monoisotopic (exact) mass is 370 g/mol. The number of carbonyl (C=O) groups excluding carboxylic acids is 1. The van der Waals surface area contributed by atoms with Crippen molar-refractivity contribution < 1.29 is 9.53 Å². The average molecular weight is 370 g/mol. The van der Waals surface area contributed by atoms with Crippen molar-refractivity contribution in [1.82, 2.24) is 14.8 Å². The Bertz CT molecular complexity index is 912. The van der Waals surface area contributed by atoms with Gasteiger partial charge in [-0.05, 0) is 51.1 Å². The summed E-state index contributed by atoms with van der Waals surface area (Å²) in [6.07, 6.45) is 0.360. The number of hydrogen-bond donors (Lipinski definition) is 1. The second-order valence-electron chi connectivity index (χ2n) is 6.10. The Morgan fingerprint density at radius 2 is 1.96 bits per heavy atom. The number of benzene rings is 1. The third kappa shape index (κ3) is 4.11. The zero-order valence-electron chi connectivity index (χ0n) is 15.4. The summed E-state index contributed by atoms with van der Waals surface area (Å²) >= 11 is 1.48. The summed E-state index contributed by atoms with van der Waals surface area (Å²) in [7, 11) is 1.64. The predicted octanol–water partition coefficient (Wildman–Crippen LogP) is 3.97. The van der Waals surface area contributed by atoms with Gasteiger partial charge in [-0.15, -0.1) is 11.3 Å². The van der Waals surface area contributed by atoms with Gasteiger partial charge in [0.05, 0.1) is 18.5 Å². The molecule has 1 N–H and O–H groups in total. The summed E-state index contributed by atoms with van der Waals surface area (Å²) in [4.78, 5) is 17.9. The largest absolute Gasteiger partial charge is 0.497 e. The normalized spacial score (nSPS) is 10.8. The minimum absolute atomic E-state index is 0.0624. The molecule has 0 spiro atoms. The van der Waals surface area contributed by atoms with E-state index in [0.717, 1.165) is 33.3 Å². The second kappa shape index (κ2) is 7.70. The molecular formula is C19H22N4O2S. The van der Waals surface area contributed by atoms with Crippen LogP contribution in [0.3, 0.4) is 0 Å². The lowest BCUT2D eigenvalue weighted by Crippen LogP contribution is -2.15. The standard InChI is InChI=1S/C19H22N4O2S/c1-12-11-13(2)23(22-12)10-9-17(24)20-19-21-18(14(3)26-19)15-5-7-16(25-4)8-6-15/h5-8,11H,9-10H2,1-4H3,(H,20,21,24). The fourth-order valence-corrected chi connectivity index (χ4v) is 3.61. The Balaban J connectivity index is 1.64. The first-order valence-electron chi connectivity index (χ1n) is 8.39. The van der Waals surface area contributed by atoms with Crippen LogP contribution in [-0.2, 0) is 11.3 Å². The lowest BCUT2D eigenvalue weighted by Gasteiger charge is -2.04. The highest BCUT2D eigenvalue weighted by Gasteiger charge is 2.13. The molecule has 0 radical (unpaired) electrons. The van der Waals surface area contributed by atoms with E-state index in [1.54, 1.807) is 7.11 Å². The van der Waals surface area contributed by atoms with Gasteiger partial charge >= 0.3 is 0 Å². The van der Waals surface area contributed by atoms with E-state index in [2.05, 4.69) is 15.4 Å². The first-order valence-corrected chi connectivity index (χ1v) is 9.20. The third-order valence-electron chi connectivity index (χ3n) is 4.06. The number of hydrogen-bond acceptors (Lipinski definition) is 5. The Kier molecular flexibility index (Phi) is 5.37. The molecule has 1 amide bonds. The molecule has 0 aliphatic carbocycles. The summed E-state index contributed by atoms with van der Waals surface area (Å²) in [6, 6.07) is 9.75. The Labute approximate surface area is 156 Å². The number of ether oxygens (including phenoxy) is 1. The van der Waals surface area contributed by atoms with E-state index < -0.39 is 0 Å². The number of anilines is 1. The predicted molar refractivity (Wildman–Crippen MR) is 104 cm³/mol. The number of methoxy groups -OCH3 is 1. The molecule has 0 bridgehead atoms. The van der Waals surface area contributed by atoms with Crippen LogP contribution in [-0.4, -0.2) is 27.8 Å². The van der Waals surface area contributed by atoms with Crippen LogP contribution in [0.5, 0.6) is 5.75 Å². The quantitative estimate of drug-likeness (QED) is 0.713. The van der Waals surface area contributed by atoms with Gasteiger partial charge in [0.2, 0.25) is 5.91 Å². The molecule has 3 aromatic rings. The Morgan fingerprint density at radius 1 is 1.23 bits per heavy atom. The van der Waals surface area contributed by atoms with Crippen molar-refractivity contribution in [2.24, 2.45) is 0 Å². The molecular weight excluding hydrogens is 348 g/mol. The Hall–Kier alpha value is -2.67. The number of nitrogens with one attached hydrogen (secondary N) is 1. The summed E-state index contributed by atoms with van der Waals surface area (Å²) in [6.45, 7) is 6.50. The molecule has 6 nitrogen and oxygen atoms in total. The smallest absolute Gasteiger partial charge is 0.228 e. The van der Waals surface area contributed by atoms with Crippen LogP contribution in [0.15, 0.2) is 30.3 Å². The van der Waals surface area contributed by atoms with Crippen molar-refractivity contribution in [2.75, 3.05) is 12.4 Å². The van der Waals surface area contributed by atoms with Gasteiger partial charge in [0.15, 0.2) is 5.13 Å². The van der Waals surface area contributed by atoms with Crippen molar-refractivity contribution in [2.45, 2.75) is 33.7 Å². The van der Waals surface area contributed by atoms with Gasteiger partial charge in [-0.1, -0.05) is 0 Å². The van der Waals surface area contributed by atoms with E-state index in [0.29, 0.717) is 18.1 Å². The highest BCUT2D eigenvalue weighted by atomic mass is 32.1. The topological polar surface area (TPSA) is 69.0 Å². The van der Waals surface area contributed by atoms with Gasteiger partial charge < -0.3 is 10.1 Å². The highest BCUT2D eigenvalue weighted by molar-refractivity contribution is 7.16. The number of rotatable bonds is 6. The molecule has 26 heavy (non-hydrogen) atoms. The van der Waals surface area contributed by atoms with Gasteiger partial charge in [0.25, 0.3) is 0 Å². The van der Waals surface area contributed by atoms with Crippen LogP contribution in [0.1, 0.15) is 22.7 Å². The van der Waals surface area contributed by atoms with E-state index in [4.69, 9.17) is 4.74 Å². The maximum atomic E-state index is 12.2. The summed E-state index contributed by atoms with van der Waals surface area (Å²) in [5.74, 6) is 0.742. The van der Waals surface area contributed by atoms with Gasteiger partial charge in [0.1, 0.15) is 5.75 Å². The second-order valence-corrected chi connectivity index (χ2v) is 7.30. The number of nitrogens with zero attached hydrogens (tertiary/aromatic N) is 3. The van der Waals surface area contributed by atoms with Crippen molar-refractivity contribution in [3.05, 3.63) is 46.6 Å². The minimum Gasteiger partial charge on any atom is -0.497 e. The third-order valence-corrected chi connectivity index (χ3v) is 4.95. The molecule has 2 heterocycles. The summed E-state index contributed by atoms with van der Waals surface area (Å²) in [5.41, 5.74) is 3.90. The van der Waals surface area contributed by atoms with Crippen LogP contribution in [0.2, 0.25) is 0 Å². The van der Waals surface area contributed by atoms with Crippen molar-refractivity contribution in [3.63, 3.8) is 0 Å².